The van der Waals surface area contributed by atoms with Crippen molar-refractivity contribution >= 4 is 57.3 Å². The Balaban J connectivity index is 2.17. The van der Waals surface area contributed by atoms with E-state index in [1.807, 2.05) is 0 Å². The smallest absolute Gasteiger partial charge is 0.195 e. The molecule has 2 aromatic heterocycles. The normalized spacial score (nSPS) is 11.0. The third kappa shape index (κ3) is 2.35. The molecule has 4 nitrogen and oxygen atoms in total. The Morgan fingerprint density at radius 2 is 1.95 bits per heavy atom. The molecule has 3 N–H and O–H groups in total. The summed E-state index contributed by atoms with van der Waals surface area (Å²) in [5.74, 6) is -0.263. The number of carbonyl (C=O) groups excluding carboxylic acids is 1. The van der Waals surface area contributed by atoms with Crippen LogP contribution in [0.1, 0.15) is 15.9 Å². The largest absolute Gasteiger partial charge is 0.397 e. The number of rotatable bonds is 2. The van der Waals surface area contributed by atoms with E-state index in [1.165, 1.54) is 12.1 Å². The Bertz CT molecular complexity index is 850. The van der Waals surface area contributed by atoms with E-state index in [1.54, 1.807) is 18.5 Å². The molecule has 1 aromatic carbocycles. The first-order chi connectivity index (χ1) is 9.99. The predicted molar refractivity (Wildman–Crippen MR) is 85.4 cm³/mol. The van der Waals surface area contributed by atoms with Crippen LogP contribution < -0.4 is 5.73 Å². The predicted octanol–water partition coefficient (Wildman–Crippen LogP) is 4.34. The van der Waals surface area contributed by atoms with E-state index in [0.717, 1.165) is 0 Å². The summed E-state index contributed by atoms with van der Waals surface area (Å²) in [6.45, 7) is 0. The van der Waals surface area contributed by atoms with Crippen LogP contribution in [-0.2, 0) is 0 Å². The highest BCUT2D eigenvalue weighted by Crippen LogP contribution is 2.32. The molecule has 0 aliphatic carbocycles. The summed E-state index contributed by atoms with van der Waals surface area (Å²) in [5.41, 5.74) is 7.27. The van der Waals surface area contributed by atoms with Crippen LogP contribution in [0.2, 0.25) is 15.1 Å². The number of nitrogens with zero attached hydrogens (tertiary/aromatic N) is 1. The van der Waals surface area contributed by atoms with Crippen molar-refractivity contribution in [3.63, 3.8) is 0 Å². The first-order valence-electron chi connectivity index (χ1n) is 5.90. The van der Waals surface area contributed by atoms with Crippen LogP contribution in [0.3, 0.4) is 0 Å². The van der Waals surface area contributed by atoms with Gasteiger partial charge in [-0.1, -0.05) is 34.8 Å². The maximum Gasteiger partial charge on any atom is 0.195 e. The summed E-state index contributed by atoms with van der Waals surface area (Å²) < 4.78 is 0. The van der Waals surface area contributed by atoms with Crippen LogP contribution in [0.25, 0.3) is 11.0 Å². The van der Waals surface area contributed by atoms with Crippen LogP contribution in [-0.4, -0.2) is 15.8 Å². The number of hydrogen-bond donors (Lipinski definition) is 2. The minimum Gasteiger partial charge on any atom is -0.397 e. The van der Waals surface area contributed by atoms with E-state index in [-0.39, 0.29) is 21.5 Å². The van der Waals surface area contributed by atoms with Crippen LogP contribution in [0.5, 0.6) is 0 Å². The number of fused-ring (bicyclic) bond motifs is 1. The number of carbonyl (C=O) groups is 1. The lowest BCUT2D eigenvalue weighted by Gasteiger charge is -2.05. The minimum absolute atomic E-state index is 0.226. The zero-order valence-corrected chi connectivity index (χ0v) is 12.7. The van der Waals surface area contributed by atoms with Gasteiger partial charge in [0.05, 0.1) is 26.3 Å². The molecule has 0 radical (unpaired) electrons. The standard InChI is InChI=1S/C14H8Cl3N3O/c15-8-1-2-19-14-11(8)7(5-20-14)13(21)6-3-9(16)12(17)10(18)4-6/h1-5H,18H2,(H,19,20). The van der Waals surface area contributed by atoms with Crippen molar-refractivity contribution in [3.05, 3.63) is 56.8 Å². The van der Waals surface area contributed by atoms with E-state index in [4.69, 9.17) is 40.5 Å². The van der Waals surface area contributed by atoms with Crippen LogP contribution in [0, 0.1) is 0 Å². The molecule has 106 valence electrons. The number of halogens is 3. The van der Waals surface area contributed by atoms with Gasteiger partial charge in [-0.25, -0.2) is 4.98 Å². The maximum absolute atomic E-state index is 12.6. The van der Waals surface area contributed by atoms with Crippen molar-refractivity contribution in [1.82, 2.24) is 9.97 Å². The molecule has 0 aliphatic heterocycles. The lowest BCUT2D eigenvalue weighted by atomic mass is 10.0. The second-order valence-electron chi connectivity index (χ2n) is 4.41. The summed E-state index contributed by atoms with van der Waals surface area (Å²) in [5, 5.41) is 1.46. The van der Waals surface area contributed by atoms with Gasteiger partial charge in [-0.2, -0.15) is 0 Å². The van der Waals surface area contributed by atoms with E-state index in [0.29, 0.717) is 27.2 Å². The SMILES string of the molecule is Nc1cc(C(=O)c2c[nH]c3nccc(Cl)c23)cc(Cl)c1Cl. The van der Waals surface area contributed by atoms with Crippen LogP contribution >= 0.6 is 34.8 Å². The molecule has 2 heterocycles. The number of hydrogen-bond acceptors (Lipinski definition) is 3. The summed E-state index contributed by atoms with van der Waals surface area (Å²) >= 11 is 18.0. The van der Waals surface area contributed by atoms with Crippen molar-refractivity contribution < 1.29 is 4.79 Å². The summed E-state index contributed by atoms with van der Waals surface area (Å²) in [6.07, 6.45) is 3.12. The quantitative estimate of drug-likeness (QED) is 0.538. The number of nitrogens with two attached hydrogens (primary N) is 1. The van der Waals surface area contributed by atoms with Gasteiger partial charge < -0.3 is 10.7 Å². The third-order valence-corrected chi connectivity index (χ3v) is 4.22. The van der Waals surface area contributed by atoms with Gasteiger partial charge in [0.1, 0.15) is 5.65 Å². The lowest BCUT2D eigenvalue weighted by Crippen LogP contribution is -2.02. The number of aromatic nitrogens is 2. The molecule has 0 spiro atoms. The second-order valence-corrected chi connectivity index (χ2v) is 5.60. The topological polar surface area (TPSA) is 71.8 Å². The Labute approximate surface area is 134 Å². The third-order valence-electron chi connectivity index (χ3n) is 3.09. The number of aromatic amines is 1. The van der Waals surface area contributed by atoms with Crippen molar-refractivity contribution in [3.8, 4) is 0 Å². The molecule has 0 saturated carbocycles. The molecular formula is C14H8Cl3N3O. The van der Waals surface area contributed by atoms with E-state index < -0.39 is 0 Å². The molecule has 0 atom stereocenters. The molecule has 7 heteroatoms. The Hall–Kier alpha value is -1.75. The molecule has 0 aliphatic rings. The first-order valence-corrected chi connectivity index (χ1v) is 7.03. The number of anilines is 1. The summed E-state index contributed by atoms with van der Waals surface area (Å²) in [7, 11) is 0. The summed E-state index contributed by atoms with van der Waals surface area (Å²) in [4.78, 5) is 19.7. The molecule has 0 fully saturated rings. The summed E-state index contributed by atoms with van der Waals surface area (Å²) in [6, 6.07) is 4.59. The van der Waals surface area contributed by atoms with Gasteiger partial charge in [0.2, 0.25) is 0 Å². The number of pyridine rings is 1. The van der Waals surface area contributed by atoms with Gasteiger partial charge in [0, 0.05) is 23.3 Å². The highest BCUT2D eigenvalue weighted by Gasteiger charge is 2.18. The minimum atomic E-state index is -0.263. The van der Waals surface area contributed by atoms with Gasteiger partial charge >= 0.3 is 0 Å². The van der Waals surface area contributed by atoms with Crippen molar-refractivity contribution in [2.24, 2.45) is 0 Å². The van der Waals surface area contributed by atoms with E-state index in [9.17, 15) is 4.79 Å². The number of H-pyrrole nitrogens is 1. The van der Waals surface area contributed by atoms with E-state index >= 15 is 0 Å². The average Bonchev–Trinajstić information content (AvgIpc) is 2.89. The Kier molecular flexibility index (Phi) is 3.53. The maximum atomic E-state index is 12.6. The Morgan fingerprint density at radius 1 is 1.19 bits per heavy atom. The molecule has 0 bridgehead atoms. The highest BCUT2D eigenvalue weighted by molar-refractivity contribution is 6.44. The van der Waals surface area contributed by atoms with Gasteiger partial charge in [0.25, 0.3) is 0 Å². The van der Waals surface area contributed by atoms with Gasteiger partial charge in [0.15, 0.2) is 5.78 Å². The monoisotopic (exact) mass is 339 g/mol. The van der Waals surface area contributed by atoms with E-state index in [2.05, 4.69) is 9.97 Å². The van der Waals surface area contributed by atoms with Gasteiger partial charge in [-0.05, 0) is 18.2 Å². The molecule has 3 rings (SSSR count). The molecular weight excluding hydrogens is 333 g/mol. The molecule has 0 unspecified atom stereocenters. The van der Waals surface area contributed by atoms with Gasteiger partial charge in [-0.3, -0.25) is 4.79 Å². The first kappa shape index (κ1) is 14.2. The second kappa shape index (κ2) is 5.22. The van der Waals surface area contributed by atoms with Crippen molar-refractivity contribution in [2.45, 2.75) is 0 Å². The van der Waals surface area contributed by atoms with Crippen molar-refractivity contribution in [2.75, 3.05) is 5.73 Å². The molecule has 21 heavy (non-hydrogen) atoms. The van der Waals surface area contributed by atoms with Gasteiger partial charge in [-0.15, -0.1) is 0 Å². The number of nitrogen functional groups attached to an aromatic ring is 1. The number of ketones is 1. The Morgan fingerprint density at radius 3 is 2.67 bits per heavy atom. The van der Waals surface area contributed by atoms with Crippen molar-refractivity contribution in [1.29, 1.82) is 0 Å². The zero-order chi connectivity index (χ0) is 15.1. The van der Waals surface area contributed by atoms with Crippen LogP contribution in [0.4, 0.5) is 5.69 Å². The fraction of sp³-hybridized carbons (Fsp3) is 0. The number of benzene rings is 1. The van der Waals surface area contributed by atoms with Crippen LogP contribution in [0.15, 0.2) is 30.6 Å². The lowest BCUT2D eigenvalue weighted by molar-refractivity contribution is 0.104. The molecule has 0 amide bonds. The molecule has 3 aromatic rings. The molecule has 0 saturated heterocycles. The number of nitrogens with one attached hydrogen (secondary N) is 1. The average molecular weight is 341 g/mol. The highest BCUT2D eigenvalue weighted by atomic mass is 35.5. The fourth-order valence-electron chi connectivity index (χ4n) is 2.09. The zero-order valence-electron chi connectivity index (χ0n) is 10.5. The fourth-order valence-corrected chi connectivity index (χ4v) is 2.68.